The lowest BCUT2D eigenvalue weighted by Gasteiger charge is -2.28. The maximum atomic E-state index is 12.3. The van der Waals surface area contributed by atoms with Crippen LogP contribution in [0.15, 0.2) is 0 Å². The van der Waals surface area contributed by atoms with Crippen molar-refractivity contribution in [3.8, 4) is 0 Å². The fourth-order valence-electron chi connectivity index (χ4n) is 2.81. The molecule has 4 atom stereocenters. The molecule has 2 saturated heterocycles. The third-order valence-corrected chi connectivity index (χ3v) is 3.91. The van der Waals surface area contributed by atoms with Crippen molar-refractivity contribution in [3.05, 3.63) is 0 Å². The number of nitrogens with two attached hydrogens (primary N) is 1. The van der Waals surface area contributed by atoms with Gasteiger partial charge in [-0.3, -0.25) is 4.79 Å². The molecule has 1 amide bonds. The summed E-state index contributed by atoms with van der Waals surface area (Å²) >= 11 is 0. The van der Waals surface area contributed by atoms with Crippen LogP contribution in [0.25, 0.3) is 0 Å². The summed E-state index contributed by atoms with van der Waals surface area (Å²) in [5, 5.41) is 0. The molecule has 4 unspecified atom stereocenters. The molecule has 0 bridgehead atoms. The lowest BCUT2D eigenvalue weighted by molar-refractivity contribution is -0.143. The number of hydrogen-bond acceptors (Lipinski definition) is 3. The molecular weight excluding hydrogens is 204 g/mol. The van der Waals surface area contributed by atoms with Crippen molar-refractivity contribution in [2.45, 2.75) is 51.4 Å². The minimum atomic E-state index is -0.214. The highest BCUT2D eigenvalue weighted by Gasteiger charge is 2.38. The molecule has 0 radical (unpaired) electrons. The molecule has 16 heavy (non-hydrogen) atoms. The Morgan fingerprint density at radius 3 is 2.69 bits per heavy atom. The first-order valence-electron chi connectivity index (χ1n) is 6.29. The van der Waals surface area contributed by atoms with Gasteiger partial charge in [0.1, 0.15) is 6.10 Å². The predicted molar refractivity (Wildman–Crippen MR) is 61.9 cm³/mol. The normalized spacial score (nSPS) is 39.3. The third kappa shape index (κ3) is 2.09. The van der Waals surface area contributed by atoms with E-state index in [2.05, 4.69) is 6.92 Å². The molecule has 0 saturated carbocycles. The number of hydrogen-bond donors (Lipinski definition) is 1. The van der Waals surface area contributed by atoms with Crippen molar-refractivity contribution < 1.29 is 9.53 Å². The van der Waals surface area contributed by atoms with Gasteiger partial charge in [-0.25, -0.2) is 0 Å². The van der Waals surface area contributed by atoms with Crippen LogP contribution in [-0.4, -0.2) is 42.1 Å². The minimum Gasteiger partial charge on any atom is -0.365 e. The monoisotopic (exact) mass is 226 g/mol. The van der Waals surface area contributed by atoms with Crippen LogP contribution in [0.2, 0.25) is 0 Å². The van der Waals surface area contributed by atoms with E-state index in [0.717, 1.165) is 25.8 Å². The van der Waals surface area contributed by atoms with Gasteiger partial charge >= 0.3 is 0 Å². The van der Waals surface area contributed by atoms with Crippen molar-refractivity contribution in [3.63, 3.8) is 0 Å². The van der Waals surface area contributed by atoms with Crippen LogP contribution >= 0.6 is 0 Å². The smallest absolute Gasteiger partial charge is 0.252 e. The van der Waals surface area contributed by atoms with Gasteiger partial charge in [0.25, 0.3) is 5.91 Å². The van der Waals surface area contributed by atoms with Crippen LogP contribution in [0.5, 0.6) is 0 Å². The summed E-state index contributed by atoms with van der Waals surface area (Å²) < 4.78 is 5.63. The Labute approximate surface area is 97.1 Å². The molecule has 0 aromatic heterocycles. The summed E-state index contributed by atoms with van der Waals surface area (Å²) in [6.07, 6.45) is 2.94. The van der Waals surface area contributed by atoms with Crippen molar-refractivity contribution in [1.82, 2.24) is 4.90 Å². The van der Waals surface area contributed by atoms with E-state index in [9.17, 15) is 4.79 Å². The van der Waals surface area contributed by atoms with E-state index in [1.165, 1.54) is 0 Å². The van der Waals surface area contributed by atoms with Crippen LogP contribution in [0, 0.1) is 5.92 Å². The number of carbonyl (C=O) groups excluding carboxylic acids is 1. The highest BCUT2D eigenvalue weighted by Crippen LogP contribution is 2.27. The Hall–Kier alpha value is -0.610. The number of nitrogens with zero attached hydrogens (tertiary/aromatic N) is 1. The molecule has 2 fully saturated rings. The Morgan fingerprint density at radius 1 is 1.38 bits per heavy atom. The van der Waals surface area contributed by atoms with E-state index in [0.29, 0.717) is 12.5 Å². The van der Waals surface area contributed by atoms with Crippen LogP contribution in [0.3, 0.4) is 0 Å². The number of likely N-dealkylation sites (tertiary alicyclic amines) is 1. The predicted octanol–water partition coefficient (Wildman–Crippen LogP) is 0.750. The number of rotatable bonds is 2. The van der Waals surface area contributed by atoms with E-state index in [-0.39, 0.29) is 24.2 Å². The molecule has 92 valence electrons. The molecule has 0 aromatic rings. The van der Waals surface area contributed by atoms with E-state index in [1.54, 1.807) is 0 Å². The lowest BCUT2D eigenvalue weighted by Crippen LogP contribution is -2.46. The van der Waals surface area contributed by atoms with Crippen molar-refractivity contribution in [2.75, 3.05) is 13.1 Å². The second-order valence-corrected chi connectivity index (χ2v) is 5.11. The van der Waals surface area contributed by atoms with Gasteiger partial charge in [-0.15, -0.1) is 0 Å². The Bertz CT molecular complexity index is 270. The van der Waals surface area contributed by atoms with Crippen LogP contribution in [0.4, 0.5) is 0 Å². The quantitative estimate of drug-likeness (QED) is 0.756. The zero-order valence-electron chi connectivity index (χ0n) is 10.2. The van der Waals surface area contributed by atoms with E-state index < -0.39 is 0 Å². The number of ether oxygens (including phenoxy) is 1. The summed E-state index contributed by atoms with van der Waals surface area (Å²) in [5.74, 6) is 0.678. The van der Waals surface area contributed by atoms with Gasteiger partial charge in [-0.05, 0) is 32.1 Å². The van der Waals surface area contributed by atoms with Gasteiger partial charge in [0.05, 0.1) is 6.10 Å². The molecular formula is C12H22N2O2. The van der Waals surface area contributed by atoms with E-state index >= 15 is 0 Å². The zero-order valence-corrected chi connectivity index (χ0v) is 10.2. The average Bonchev–Trinajstić information content (AvgIpc) is 2.83. The Balaban J connectivity index is 1.99. The molecule has 2 aliphatic rings. The second kappa shape index (κ2) is 4.72. The summed E-state index contributed by atoms with van der Waals surface area (Å²) in [6.45, 7) is 5.61. The largest absolute Gasteiger partial charge is 0.365 e. The SMILES string of the molecule is CC1CCC(C(=O)N2CCC(C)C2CN)O1. The first-order valence-corrected chi connectivity index (χ1v) is 6.29. The van der Waals surface area contributed by atoms with Gasteiger partial charge in [0.15, 0.2) is 0 Å². The van der Waals surface area contributed by atoms with Crippen LogP contribution < -0.4 is 5.73 Å². The molecule has 4 heteroatoms. The van der Waals surface area contributed by atoms with Gasteiger partial charge in [0, 0.05) is 19.1 Å². The van der Waals surface area contributed by atoms with Crippen LogP contribution in [0.1, 0.15) is 33.1 Å². The third-order valence-electron chi connectivity index (χ3n) is 3.91. The second-order valence-electron chi connectivity index (χ2n) is 5.11. The molecule has 0 spiro atoms. The van der Waals surface area contributed by atoms with Crippen molar-refractivity contribution in [1.29, 1.82) is 0 Å². The van der Waals surface area contributed by atoms with Crippen LogP contribution in [-0.2, 0) is 9.53 Å². The first-order chi connectivity index (χ1) is 7.63. The van der Waals surface area contributed by atoms with Gasteiger partial charge in [0.2, 0.25) is 0 Å². The average molecular weight is 226 g/mol. The Kier molecular flexibility index (Phi) is 3.50. The first kappa shape index (κ1) is 11.9. The zero-order chi connectivity index (χ0) is 11.7. The number of carbonyl (C=O) groups is 1. The van der Waals surface area contributed by atoms with E-state index in [1.807, 2.05) is 11.8 Å². The summed E-state index contributed by atoms with van der Waals surface area (Å²) in [7, 11) is 0. The Morgan fingerprint density at radius 2 is 2.12 bits per heavy atom. The van der Waals surface area contributed by atoms with Gasteiger partial charge < -0.3 is 15.4 Å². The molecule has 2 N–H and O–H groups in total. The molecule has 2 heterocycles. The minimum absolute atomic E-state index is 0.157. The maximum absolute atomic E-state index is 12.3. The fourth-order valence-corrected chi connectivity index (χ4v) is 2.81. The van der Waals surface area contributed by atoms with Crippen molar-refractivity contribution in [2.24, 2.45) is 11.7 Å². The van der Waals surface area contributed by atoms with Crippen molar-refractivity contribution >= 4 is 5.91 Å². The summed E-state index contributed by atoms with van der Waals surface area (Å²) in [4.78, 5) is 14.2. The maximum Gasteiger partial charge on any atom is 0.252 e. The summed E-state index contributed by atoms with van der Waals surface area (Å²) in [6, 6.07) is 0.215. The van der Waals surface area contributed by atoms with Gasteiger partial charge in [-0.1, -0.05) is 6.92 Å². The lowest BCUT2D eigenvalue weighted by atomic mass is 10.0. The fraction of sp³-hybridized carbons (Fsp3) is 0.917. The highest BCUT2D eigenvalue weighted by atomic mass is 16.5. The molecule has 2 aliphatic heterocycles. The molecule has 4 nitrogen and oxygen atoms in total. The molecule has 0 aromatic carbocycles. The van der Waals surface area contributed by atoms with Gasteiger partial charge in [-0.2, -0.15) is 0 Å². The highest BCUT2D eigenvalue weighted by molar-refractivity contribution is 5.81. The van der Waals surface area contributed by atoms with E-state index in [4.69, 9.17) is 10.5 Å². The molecule has 2 rings (SSSR count). The topological polar surface area (TPSA) is 55.6 Å². The standard InChI is InChI=1S/C12H22N2O2/c1-8-5-6-14(10(8)7-13)12(15)11-4-3-9(2)16-11/h8-11H,3-7,13H2,1-2H3. The summed E-state index contributed by atoms with van der Waals surface area (Å²) in [5.41, 5.74) is 5.74. The molecule has 0 aliphatic carbocycles. The number of amides is 1.